The van der Waals surface area contributed by atoms with Crippen molar-refractivity contribution < 1.29 is 9.47 Å². The van der Waals surface area contributed by atoms with Gasteiger partial charge in [0.15, 0.2) is 0 Å². The Balaban J connectivity index is 2.18. The molecular formula is C15H22O2. The van der Waals surface area contributed by atoms with E-state index in [0.717, 1.165) is 17.9 Å². The molecule has 1 fully saturated rings. The monoisotopic (exact) mass is 234 g/mol. The lowest BCUT2D eigenvalue weighted by Crippen LogP contribution is -2.23. The van der Waals surface area contributed by atoms with Gasteiger partial charge in [0.05, 0.1) is 6.10 Å². The minimum atomic E-state index is -0.165. The van der Waals surface area contributed by atoms with Gasteiger partial charge in [0.1, 0.15) is 17.1 Å². The van der Waals surface area contributed by atoms with E-state index in [1.54, 1.807) is 0 Å². The third-order valence-electron chi connectivity index (χ3n) is 2.66. The lowest BCUT2D eigenvalue weighted by Gasteiger charge is -2.23. The molecule has 1 aromatic rings. The van der Waals surface area contributed by atoms with Gasteiger partial charge in [0.25, 0.3) is 0 Å². The summed E-state index contributed by atoms with van der Waals surface area (Å²) >= 11 is 0. The minimum absolute atomic E-state index is 0.165. The number of hydrogen-bond acceptors (Lipinski definition) is 2. The average molecular weight is 234 g/mol. The highest BCUT2D eigenvalue weighted by molar-refractivity contribution is 5.41. The summed E-state index contributed by atoms with van der Waals surface area (Å²) in [5.41, 5.74) is 1.07. The van der Waals surface area contributed by atoms with Crippen molar-refractivity contribution in [1.82, 2.24) is 0 Å². The van der Waals surface area contributed by atoms with E-state index in [0.29, 0.717) is 6.10 Å². The van der Waals surface area contributed by atoms with E-state index in [-0.39, 0.29) is 5.60 Å². The van der Waals surface area contributed by atoms with E-state index in [4.69, 9.17) is 9.47 Å². The fourth-order valence-electron chi connectivity index (χ4n) is 1.70. The Morgan fingerprint density at radius 2 is 1.94 bits per heavy atom. The average Bonchev–Trinajstić information content (AvgIpc) is 3.00. The third kappa shape index (κ3) is 3.65. The predicted molar refractivity (Wildman–Crippen MR) is 69.9 cm³/mol. The molecule has 0 aliphatic heterocycles. The highest BCUT2D eigenvalue weighted by Gasteiger charge is 2.24. The van der Waals surface area contributed by atoms with Crippen LogP contribution in [0.4, 0.5) is 0 Å². The molecule has 0 saturated heterocycles. The first-order valence-corrected chi connectivity index (χ1v) is 6.46. The summed E-state index contributed by atoms with van der Waals surface area (Å²) < 4.78 is 11.8. The zero-order valence-electron chi connectivity index (χ0n) is 11.2. The molecule has 0 N–H and O–H groups in total. The summed E-state index contributed by atoms with van der Waals surface area (Å²) in [5.74, 6) is 1.89. The van der Waals surface area contributed by atoms with Gasteiger partial charge in [-0.2, -0.15) is 0 Å². The van der Waals surface area contributed by atoms with Crippen molar-refractivity contribution in [3.8, 4) is 11.5 Å². The SMILES string of the molecule is CCc1ccc(OC2CC2)cc1OC(C)(C)C. The molecule has 0 heterocycles. The highest BCUT2D eigenvalue weighted by atomic mass is 16.5. The van der Waals surface area contributed by atoms with Crippen molar-refractivity contribution in [2.24, 2.45) is 0 Å². The second kappa shape index (κ2) is 4.59. The van der Waals surface area contributed by atoms with Gasteiger partial charge in [-0.15, -0.1) is 0 Å². The normalized spacial score (nSPS) is 15.8. The molecule has 1 aromatic carbocycles. The first kappa shape index (κ1) is 12.3. The van der Waals surface area contributed by atoms with E-state index < -0.39 is 0 Å². The molecule has 0 bridgehead atoms. The summed E-state index contributed by atoms with van der Waals surface area (Å²) in [4.78, 5) is 0. The van der Waals surface area contributed by atoms with Crippen molar-refractivity contribution in [3.63, 3.8) is 0 Å². The van der Waals surface area contributed by atoms with Crippen LogP contribution in [-0.2, 0) is 6.42 Å². The van der Waals surface area contributed by atoms with Gasteiger partial charge in [-0.05, 0) is 51.7 Å². The van der Waals surface area contributed by atoms with Crippen LogP contribution in [0.2, 0.25) is 0 Å². The Hall–Kier alpha value is -1.18. The third-order valence-corrected chi connectivity index (χ3v) is 2.66. The standard InChI is InChI=1S/C15H22O2/c1-5-11-6-7-13(16-12-8-9-12)10-14(11)17-15(2,3)4/h6-7,10,12H,5,8-9H2,1-4H3. The summed E-state index contributed by atoms with van der Waals surface area (Å²) in [7, 11) is 0. The number of hydrogen-bond donors (Lipinski definition) is 0. The molecule has 94 valence electrons. The van der Waals surface area contributed by atoms with Crippen molar-refractivity contribution in [2.45, 2.75) is 58.7 Å². The maximum Gasteiger partial charge on any atom is 0.126 e. The van der Waals surface area contributed by atoms with Crippen LogP contribution >= 0.6 is 0 Å². The van der Waals surface area contributed by atoms with Crippen LogP contribution in [-0.4, -0.2) is 11.7 Å². The Kier molecular flexibility index (Phi) is 3.32. The van der Waals surface area contributed by atoms with E-state index in [2.05, 4.69) is 33.8 Å². The van der Waals surface area contributed by atoms with Crippen LogP contribution in [0.5, 0.6) is 11.5 Å². The smallest absolute Gasteiger partial charge is 0.126 e. The number of rotatable bonds is 4. The quantitative estimate of drug-likeness (QED) is 0.785. The van der Waals surface area contributed by atoms with E-state index in [9.17, 15) is 0 Å². The summed E-state index contributed by atoms with van der Waals surface area (Å²) in [6.07, 6.45) is 3.79. The summed E-state index contributed by atoms with van der Waals surface area (Å²) in [6.45, 7) is 8.36. The Morgan fingerprint density at radius 3 is 2.47 bits per heavy atom. The fraction of sp³-hybridized carbons (Fsp3) is 0.600. The molecule has 1 aliphatic carbocycles. The molecule has 2 heteroatoms. The lowest BCUT2D eigenvalue weighted by atomic mass is 10.1. The van der Waals surface area contributed by atoms with Crippen molar-refractivity contribution in [1.29, 1.82) is 0 Å². The van der Waals surface area contributed by atoms with Crippen LogP contribution in [0.25, 0.3) is 0 Å². The summed E-state index contributed by atoms with van der Waals surface area (Å²) in [5, 5.41) is 0. The topological polar surface area (TPSA) is 18.5 Å². The minimum Gasteiger partial charge on any atom is -0.490 e. The van der Waals surface area contributed by atoms with Gasteiger partial charge < -0.3 is 9.47 Å². The molecule has 0 atom stereocenters. The molecule has 2 rings (SSSR count). The molecule has 0 aromatic heterocycles. The lowest BCUT2D eigenvalue weighted by molar-refractivity contribution is 0.129. The second-order valence-electron chi connectivity index (χ2n) is 5.65. The molecule has 0 spiro atoms. The van der Waals surface area contributed by atoms with Crippen LogP contribution in [0, 0.1) is 0 Å². The van der Waals surface area contributed by atoms with Crippen LogP contribution in [0.1, 0.15) is 46.1 Å². The molecule has 1 saturated carbocycles. The van der Waals surface area contributed by atoms with E-state index in [1.165, 1.54) is 18.4 Å². The zero-order valence-corrected chi connectivity index (χ0v) is 11.2. The van der Waals surface area contributed by atoms with Gasteiger partial charge in [-0.3, -0.25) is 0 Å². The first-order valence-electron chi connectivity index (χ1n) is 6.46. The molecule has 17 heavy (non-hydrogen) atoms. The molecule has 0 unspecified atom stereocenters. The Morgan fingerprint density at radius 1 is 1.24 bits per heavy atom. The number of ether oxygens (including phenoxy) is 2. The molecule has 1 aliphatic rings. The van der Waals surface area contributed by atoms with Crippen molar-refractivity contribution >= 4 is 0 Å². The van der Waals surface area contributed by atoms with E-state index >= 15 is 0 Å². The van der Waals surface area contributed by atoms with Gasteiger partial charge in [0.2, 0.25) is 0 Å². The van der Waals surface area contributed by atoms with Gasteiger partial charge >= 0.3 is 0 Å². The summed E-state index contributed by atoms with van der Waals surface area (Å²) in [6, 6.07) is 6.19. The molecular weight excluding hydrogens is 212 g/mol. The van der Waals surface area contributed by atoms with Gasteiger partial charge in [-0.25, -0.2) is 0 Å². The first-order chi connectivity index (χ1) is 7.98. The van der Waals surface area contributed by atoms with Crippen molar-refractivity contribution in [3.05, 3.63) is 23.8 Å². The van der Waals surface area contributed by atoms with Crippen LogP contribution in [0.15, 0.2) is 18.2 Å². The molecule has 0 amide bonds. The molecule has 2 nitrogen and oxygen atoms in total. The maximum absolute atomic E-state index is 5.99. The van der Waals surface area contributed by atoms with Crippen LogP contribution < -0.4 is 9.47 Å². The fourth-order valence-corrected chi connectivity index (χ4v) is 1.70. The van der Waals surface area contributed by atoms with Crippen LogP contribution in [0.3, 0.4) is 0 Å². The molecule has 0 radical (unpaired) electrons. The number of aryl methyl sites for hydroxylation is 1. The maximum atomic E-state index is 5.99. The second-order valence-corrected chi connectivity index (χ2v) is 5.65. The van der Waals surface area contributed by atoms with Gasteiger partial charge in [-0.1, -0.05) is 13.0 Å². The predicted octanol–water partition coefficient (Wildman–Crippen LogP) is 3.97. The number of benzene rings is 1. The largest absolute Gasteiger partial charge is 0.490 e. The Bertz CT molecular complexity index is 386. The van der Waals surface area contributed by atoms with E-state index in [1.807, 2.05) is 12.1 Å². The zero-order chi connectivity index (χ0) is 12.5. The highest BCUT2D eigenvalue weighted by Crippen LogP contribution is 2.32. The van der Waals surface area contributed by atoms with Crippen molar-refractivity contribution in [2.75, 3.05) is 0 Å². The Labute approximate surface area is 104 Å². The van der Waals surface area contributed by atoms with Gasteiger partial charge in [0, 0.05) is 6.07 Å².